The Morgan fingerprint density at radius 3 is 2.70 bits per heavy atom. The summed E-state index contributed by atoms with van der Waals surface area (Å²) in [5.74, 6) is 1.17. The molecule has 162 valence electrons. The van der Waals surface area contributed by atoms with Crippen molar-refractivity contribution in [1.29, 1.82) is 0 Å². The highest BCUT2D eigenvalue weighted by molar-refractivity contribution is 7.89. The minimum atomic E-state index is -3.81. The van der Waals surface area contributed by atoms with Crippen molar-refractivity contribution in [3.63, 3.8) is 0 Å². The maximum atomic E-state index is 12.8. The van der Waals surface area contributed by atoms with Crippen molar-refractivity contribution < 1.29 is 18.1 Å². The molecule has 2 fully saturated rings. The molecule has 1 N–H and O–H groups in total. The van der Waals surface area contributed by atoms with E-state index in [9.17, 15) is 18.5 Å². The summed E-state index contributed by atoms with van der Waals surface area (Å²) >= 11 is 0. The first kappa shape index (κ1) is 21.0. The molecule has 1 aromatic rings. The molecule has 4 aliphatic rings. The number of hydrogen-bond donors (Lipinski definition) is 1. The topological polar surface area (TPSA) is 114 Å². The second-order valence-electron chi connectivity index (χ2n) is 8.57. The van der Waals surface area contributed by atoms with Gasteiger partial charge in [-0.1, -0.05) is 19.9 Å². The Labute approximate surface area is 176 Å². The molecule has 9 nitrogen and oxygen atoms in total. The quantitative estimate of drug-likeness (QED) is 0.418. The Hall–Kier alpha value is -2.30. The normalized spacial score (nSPS) is 26.1. The maximum absolute atomic E-state index is 12.8. The van der Waals surface area contributed by atoms with Gasteiger partial charge in [-0.05, 0) is 47.8 Å². The van der Waals surface area contributed by atoms with E-state index in [1.54, 1.807) is 6.21 Å². The number of sulfonamides is 1. The van der Waals surface area contributed by atoms with E-state index in [-0.39, 0.29) is 34.8 Å². The van der Waals surface area contributed by atoms with Crippen LogP contribution in [0.1, 0.15) is 26.7 Å². The fraction of sp³-hybridized carbons (Fsp3) is 0.550. The van der Waals surface area contributed by atoms with Gasteiger partial charge in [0, 0.05) is 19.2 Å². The van der Waals surface area contributed by atoms with Gasteiger partial charge in [-0.25, -0.2) is 8.42 Å². The SMILES string of the molecule is CC1(C)C2CC=C(/C=N/Nc3ccc(S(=O)(=O)N4CCOCC4)cc3[N+](=O)[O-])C1C2. The first-order valence-electron chi connectivity index (χ1n) is 10.1. The number of benzene rings is 1. The molecule has 1 saturated carbocycles. The van der Waals surface area contributed by atoms with E-state index in [4.69, 9.17) is 4.74 Å². The molecule has 10 heteroatoms. The average Bonchev–Trinajstić information content (AvgIpc) is 2.74. The number of nitrogens with zero attached hydrogens (tertiary/aromatic N) is 3. The van der Waals surface area contributed by atoms with E-state index in [2.05, 4.69) is 30.5 Å². The van der Waals surface area contributed by atoms with Crippen LogP contribution in [0.3, 0.4) is 0 Å². The van der Waals surface area contributed by atoms with E-state index < -0.39 is 14.9 Å². The summed E-state index contributed by atoms with van der Waals surface area (Å²) in [5.41, 5.74) is 3.95. The number of hydrazone groups is 1. The Morgan fingerprint density at radius 2 is 2.07 bits per heavy atom. The molecule has 5 rings (SSSR count). The summed E-state index contributed by atoms with van der Waals surface area (Å²) in [4.78, 5) is 10.8. The lowest BCUT2D eigenvalue weighted by molar-refractivity contribution is -0.384. The molecule has 30 heavy (non-hydrogen) atoms. The fourth-order valence-corrected chi connectivity index (χ4v) is 6.00. The summed E-state index contributed by atoms with van der Waals surface area (Å²) in [6.07, 6.45) is 6.09. The molecule has 1 aliphatic heterocycles. The lowest BCUT2D eigenvalue weighted by Crippen LogP contribution is -2.48. The molecule has 2 atom stereocenters. The summed E-state index contributed by atoms with van der Waals surface area (Å²) in [5, 5.41) is 15.8. The van der Waals surface area contributed by atoms with Gasteiger partial charge in [-0.15, -0.1) is 0 Å². The van der Waals surface area contributed by atoms with Crippen molar-refractivity contribution in [2.75, 3.05) is 31.7 Å². The number of nitro benzene ring substituents is 1. The van der Waals surface area contributed by atoms with Gasteiger partial charge in [0.2, 0.25) is 10.0 Å². The number of morpholine rings is 1. The van der Waals surface area contributed by atoms with Crippen LogP contribution in [0.5, 0.6) is 0 Å². The lowest BCUT2D eigenvalue weighted by atomic mass is 9.49. The molecule has 0 spiro atoms. The fourth-order valence-electron chi connectivity index (χ4n) is 4.57. The Kier molecular flexibility index (Phi) is 5.41. The lowest BCUT2D eigenvalue weighted by Gasteiger charge is -2.55. The highest BCUT2D eigenvalue weighted by atomic mass is 32.2. The van der Waals surface area contributed by atoms with Crippen LogP contribution in [-0.4, -0.2) is 50.2 Å². The number of rotatable bonds is 6. The zero-order chi connectivity index (χ0) is 21.5. The van der Waals surface area contributed by atoms with E-state index >= 15 is 0 Å². The molecule has 1 saturated heterocycles. The Bertz CT molecular complexity index is 1010. The monoisotopic (exact) mass is 434 g/mol. The van der Waals surface area contributed by atoms with Gasteiger partial charge in [0.1, 0.15) is 5.69 Å². The molecular weight excluding hydrogens is 408 g/mol. The minimum absolute atomic E-state index is 0.108. The number of nitrogens with one attached hydrogen (secondary N) is 1. The van der Waals surface area contributed by atoms with E-state index in [1.165, 1.54) is 16.4 Å². The van der Waals surface area contributed by atoms with Crippen LogP contribution in [0.15, 0.2) is 39.8 Å². The summed E-state index contributed by atoms with van der Waals surface area (Å²) in [7, 11) is -3.81. The molecule has 0 radical (unpaired) electrons. The highest BCUT2D eigenvalue weighted by Crippen LogP contribution is 2.58. The van der Waals surface area contributed by atoms with E-state index in [0.29, 0.717) is 19.1 Å². The van der Waals surface area contributed by atoms with Gasteiger partial charge in [-0.3, -0.25) is 15.5 Å². The van der Waals surface area contributed by atoms with Crippen LogP contribution in [-0.2, 0) is 14.8 Å². The zero-order valence-electron chi connectivity index (χ0n) is 17.1. The smallest absolute Gasteiger partial charge is 0.295 e. The van der Waals surface area contributed by atoms with E-state index in [0.717, 1.165) is 30.4 Å². The Balaban J connectivity index is 1.53. The van der Waals surface area contributed by atoms with E-state index in [1.807, 2.05) is 0 Å². The second-order valence-corrected chi connectivity index (χ2v) is 10.5. The largest absolute Gasteiger partial charge is 0.379 e. The number of fused-ring (bicyclic) bond motifs is 1. The molecule has 0 aromatic heterocycles. The maximum Gasteiger partial charge on any atom is 0.295 e. The van der Waals surface area contributed by atoms with Gasteiger partial charge in [0.05, 0.1) is 29.2 Å². The van der Waals surface area contributed by atoms with Crippen molar-refractivity contribution >= 4 is 27.6 Å². The van der Waals surface area contributed by atoms with Gasteiger partial charge >= 0.3 is 0 Å². The number of allylic oxidation sites excluding steroid dienone is 2. The van der Waals surface area contributed by atoms with Crippen LogP contribution in [0.25, 0.3) is 0 Å². The first-order valence-corrected chi connectivity index (χ1v) is 11.5. The predicted molar refractivity (Wildman–Crippen MR) is 113 cm³/mol. The van der Waals surface area contributed by atoms with Crippen LogP contribution < -0.4 is 5.43 Å². The van der Waals surface area contributed by atoms with Crippen molar-refractivity contribution in [1.82, 2.24) is 4.31 Å². The zero-order valence-corrected chi connectivity index (χ0v) is 17.9. The highest BCUT2D eigenvalue weighted by Gasteiger charge is 2.50. The molecule has 2 bridgehead atoms. The van der Waals surface area contributed by atoms with Crippen molar-refractivity contribution in [3.8, 4) is 0 Å². The van der Waals surface area contributed by atoms with Gasteiger partial charge in [0.25, 0.3) is 5.69 Å². The number of nitro groups is 1. The van der Waals surface area contributed by atoms with Crippen molar-refractivity contribution in [2.24, 2.45) is 22.4 Å². The van der Waals surface area contributed by atoms with Crippen LogP contribution in [0, 0.1) is 27.4 Å². The van der Waals surface area contributed by atoms with Crippen LogP contribution in [0.4, 0.5) is 11.4 Å². The molecule has 1 heterocycles. The summed E-state index contributed by atoms with van der Waals surface area (Å²) in [6.45, 7) is 5.60. The summed E-state index contributed by atoms with van der Waals surface area (Å²) < 4.78 is 32.0. The average molecular weight is 435 g/mol. The number of hydrogen-bond acceptors (Lipinski definition) is 7. The third kappa shape index (κ3) is 3.63. The summed E-state index contributed by atoms with van der Waals surface area (Å²) in [6, 6.07) is 3.85. The second kappa shape index (κ2) is 7.75. The molecule has 3 aliphatic carbocycles. The molecule has 2 unspecified atom stereocenters. The molecule has 0 amide bonds. The van der Waals surface area contributed by atoms with Crippen molar-refractivity contribution in [2.45, 2.75) is 31.6 Å². The Morgan fingerprint density at radius 1 is 1.33 bits per heavy atom. The molecule has 1 aromatic carbocycles. The van der Waals surface area contributed by atoms with Gasteiger partial charge in [0.15, 0.2) is 0 Å². The third-order valence-electron chi connectivity index (χ3n) is 6.68. The van der Waals surface area contributed by atoms with Gasteiger partial charge in [-0.2, -0.15) is 9.41 Å². The first-order chi connectivity index (χ1) is 14.2. The standard InChI is InChI=1S/C20H26N4O5S/c1-20(2)15-4-3-14(17(20)11-15)13-21-22-18-6-5-16(12-19(18)24(25)26)30(27,28)23-7-9-29-10-8-23/h3,5-6,12-13,15,17,22H,4,7-11H2,1-2H3/b21-13+. The van der Waals surface area contributed by atoms with Crippen molar-refractivity contribution in [3.05, 3.63) is 40.0 Å². The van der Waals surface area contributed by atoms with Crippen LogP contribution in [0.2, 0.25) is 0 Å². The van der Waals surface area contributed by atoms with Gasteiger partial charge < -0.3 is 4.74 Å². The van der Waals surface area contributed by atoms with Crippen LogP contribution >= 0.6 is 0 Å². The molecular formula is C20H26N4O5S. The minimum Gasteiger partial charge on any atom is -0.379 e. The predicted octanol–water partition coefficient (Wildman–Crippen LogP) is 3.01. The number of ether oxygens (including phenoxy) is 1. The third-order valence-corrected chi connectivity index (χ3v) is 8.58. The number of anilines is 1.